The maximum atomic E-state index is 11.3. The Labute approximate surface area is 114 Å². The Kier molecular flexibility index (Phi) is 8.92. The van der Waals surface area contributed by atoms with Crippen LogP contribution in [0.3, 0.4) is 0 Å². The molecule has 0 saturated heterocycles. The molecular formula is C10H18N2O6S. The van der Waals surface area contributed by atoms with E-state index in [2.05, 4.69) is 9.78 Å². The number of rotatable bonds is 8. The first kappa shape index (κ1) is 17.7. The minimum atomic E-state index is -1.16. The van der Waals surface area contributed by atoms with E-state index in [0.29, 0.717) is 12.2 Å². The number of carbonyl (C=O) groups is 3. The van der Waals surface area contributed by atoms with Crippen molar-refractivity contribution in [1.82, 2.24) is 0 Å². The van der Waals surface area contributed by atoms with Crippen molar-refractivity contribution in [3.63, 3.8) is 0 Å². The lowest BCUT2D eigenvalue weighted by atomic mass is 10.2. The molecular weight excluding hydrogens is 276 g/mol. The standard InChI is InChI=1S/C10H18N2O6S/c1-19-5-4-7(12)10(16)18-17-9(15)6(11)2-3-8(13)14/h6-7H,2-5,11-12H2,1H3,(H,13,14)/t6-,7?/m1/s1. The van der Waals surface area contributed by atoms with Crippen molar-refractivity contribution in [1.29, 1.82) is 0 Å². The van der Waals surface area contributed by atoms with Crippen LogP contribution < -0.4 is 11.5 Å². The Hall–Kier alpha value is -1.32. The second kappa shape index (κ2) is 9.59. The summed E-state index contributed by atoms with van der Waals surface area (Å²) in [5.41, 5.74) is 10.8. The van der Waals surface area contributed by atoms with Crippen LogP contribution in [0.1, 0.15) is 19.3 Å². The third-order valence-corrected chi connectivity index (χ3v) is 2.76. The fourth-order valence-corrected chi connectivity index (χ4v) is 1.45. The molecule has 0 rings (SSSR count). The molecule has 0 aliphatic carbocycles. The van der Waals surface area contributed by atoms with Crippen molar-refractivity contribution in [3.8, 4) is 0 Å². The Balaban J connectivity index is 3.94. The van der Waals surface area contributed by atoms with Crippen molar-refractivity contribution in [3.05, 3.63) is 0 Å². The number of hydrogen-bond donors (Lipinski definition) is 3. The predicted octanol–water partition coefficient (Wildman–Crippen LogP) is -0.740. The highest BCUT2D eigenvalue weighted by molar-refractivity contribution is 7.98. The first-order valence-corrected chi connectivity index (χ1v) is 6.92. The lowest BCUT2D eigenvalue weighted by Crippen LogP contribution is -2.37. The number of aliphatic carboxylic acids is 1. The first-order chi connectivity index (χ1) is 8.88. The van der Waals surface area contributed by atoms with Gasteiger partial charge < -0.3 is 16.6 Å². The van der Waals surface area contributed by atoms with Gasteiger partial charge >= 0.3 is 17.9 Å². The van der Waals surface area contributed by atoms with Gasteiger partial charge in [-0.3, -0.25) is 4.79 Å². The van der Waals surface area contributed by atoms with Gasteiger partial charge in [0.1, 0.15) is 12.1 Å². The molecule has 1 unspecified atom stereocenters. The lowest BCUT2D eigenvalue weighted by Gasteiger charge is -2.11. The van der Waals surface area contributed by atoms with Gasteiger partial charge in [-0.25, -0.2) is 19.4 Å². The monoisotopic (exact) mass is 294 g/mol. The van der Waals surface area contributed by atoms with Gasteiger partial charge in [-0.15, -0.1) is 0 Å². The molecule has 0 aliphatic heterocycles. The molecule has 0 heterocycles. The summed E-state index contributed by atoms with van der Waals surface area (Å²) < 4.78 is 0. The second-order valence-electron chi connectivity index (χ2n) is 3.73. The SMILES string of the molecule is CSCCC(N)C(=O)OOC(=O)[C@H](N)CCC(=O)O. The zero-order valence-corrected chi connectivity index (χ0v) is 11.4. The van der Waals surface area contributed by atoms with Crippen molar-refractivity contribution >= 4 is 29.7 Å². The average molecular weight is 294 g/mol. The third-order valence-electron chi connectivity index (χ3n) is 2.11. The maximum Gasteiger partial charge on any atom is 0.372 e. The summed E-state index contributed by atoms with van der Waals surface area (Å²) in [4.78, 5) is 41.2. The topological polar surface area (TPSA) is 142 Å². The van der Waals surface area contributed by atoms with Crippen LogP contribution in [-0.2, 0) is 24.2 Å². The minimum absolute atomic E-state index is 0.107. The van der Waals surface area contributed by atoms with E-state index in [1.807, 2.05) is 6.26 Å². The fraction of sp³-hybridized carbons (Fsp3) is 0.700. The van der Waals surface area contributed by atoms with Crippen LogP contribution >= 0.6 is 11.8 Å². The number of hydrogen-bond acceptors (Lipinski definition) is 8. The van der Waals surface area contributed by atoms with E-state index in [-0.39, 0.29) is 12.8 Å². The molecule has 9 heteroatoms. The van der Waals surface area contributed by atoms with Crippen LogP contribution in [0.2, 0.25) is 0 Å². The normalized spacial score (nSPS) is 13.4. The molecule has 2 atom stereocenters. The van der Waals surface area contributed by atoms with Crippen LogP contribution in [0.15, 0.2) is 0 Å². The number of carbonyl (C=O) groups excluding carboxylic acids is 2. The molecule has 19 heavy (non-hydrogen) atoms. The van der Waals surface area contributed by atoms with E-state index in [1.165, 1.54) is 11.8 Å². The molecule has 0 amide bonds. The number of nitrogens with two attached hydrogens (primary N) is 2. The van der Waals surface area contributed by atoms with Gasteiger partial charge in [-0.1, -0.05) is 0 Å². The third kappa shape index (κ3) is 8.41. The summed E-state index contributed by atoms with van der Waals surface area (Å²) in [7, 11) is 0. The smallest absolute Gasteiger partial charge is 0.372 e. The highest BCUT2D eigenvalue weighted by atomic mass is 32.2. The summed E-state index contributed by atoms with van der Waals surface area (Å²) in [5.74, 6) is -2.29. The maximum absolute atomic E-state index is 11.3. The zero-order chi connectivity index (χ0) is 14.8. The van der Waals surface area contributed by atoms with Gasteiger partial charge in [0.2, 0.25) is 0 Å². The molecule has 0 spiro atoms. The Bertz CT molecular complexity index is 325. The number of thioether (sulfide) groups is 1. The molecule has 0 fully saturated rings. The van der Waals surface area contributed by atoms with Crippen molar-refractivity contribution in [2.75, 3.05) is 12.0 Å². The van der Waals surface area contributed by atoms with E-state index in [1.54, 1.807) is 0 Å². The molecule has 0 bridgehead atoms. The Morgan fingerprint density at radius 3 is 2.00 bits per heavy atom. The van der Waals surface area contributed by atoms with E-state index in [9.17, 15) is 14.4 Å². The molecule has 0 aromatic heterocycles. The predicted molar refractivity (Wildman–Crippen MR) is 68.0 cm³/mol. The highest BCUT2D eigenvalue weighted by Gasteiger charge is 2.22. The summed E-state index contributed by atoms with van der Waals surface area (Å²) in [6.45, 7) is 0. The Morgan fingerprint density at radius 1 is 1.11 bits per heavy atom. The number of carboxylic acid groups (broad SMARTS) is 1. The molecule has 0 radical (unpaired) electrons. The van der Waals surface area contributed by atoms with Gasteiger partial charge in [0.05, 0.1) is 0 Å². The van der Waals surface area contributed by atoms with Crippen LogP contribution in [0.5, 0.6) is 0 Å². The molecule has 5 N–H and O–H groups in total. The molecule has 8 nitrogen and oxygen atoms in total. The van der Waals surface area contributed by atoms with Gasteiger partial charge in [-0.2, -0.15) is 11.8 Å². The summed E-state index contributed by atoms with van der Waals surface area (Å²) in [6.07, 6.45) is 1.86. The van der Waals surface area contributed by atoms with Crippen LogP contribution in [-0.4, -0.2) is 47.1 Å². The molecule has 0 aromatic rings. The van der Waals surface area contributed by atoms with E-state index in [0.717, 1.165) is 0 Å². The van der Waals surface area contributed by atoms with Crippen LogP contribution in [0.4, 0.5) is 0 Å². The fourth-order valence-electron chi connectivity index (χ4n) is 0.965. The number of carboxylic acids is 1. The minimum Gasteiger partial charge on any atom is -0.481 e. The zero-order valence-electron chi connectivity index (χ0n) is 10.5. The van der Waals surface area contributed by atoms with Crippen LogP contribution in [0.25, 0.3) is 0 Å². The molecule has 0 saturated carbocycles. The van der Waals surface area contributed by atoms with Gasteiger partial charge in [0.15, 0.2) is 0 Å². The summed E-state index contributed by atoms with van der Waals surface area (Å²) >= 11 is 1.51. The quantitative estimate of drug-likeness (QED) is 0.389. The van der Waals surface area contributed by atoms with Crippen molar-refractivity contribution in [2.45, 2.75) is 31.3 Å². The second-order valence-corrected chi connectivity index (χ2v) is 4.72. The van der Waals surface area contributed by atoms with Crippen molar-refractivity contribution in [2.24, 2.45) is 11.5 Å². The summed E-state index contributed by atoms with van der Waals surface area (Å²) in [5, 5.41) is 8.41. The molecule has 110 valence electrons. The summed E-state index contributed by atoms with van der Waals surface area (Å²) in [6, 6.07) is -2.04. The molecule has 0 aromatic carbocycles. The molecule has 0 aliphatic rings. The van der Waals surface area contributed by atoms with Crippen LogP contribution in [0, 0.1) is 0 Å². The Morgan fingerprint density at radius 2 is 1.58 bits per heavy atom. The van der Waals surface area contributed by atoms with Crippen molar-refractivity contribution < 1.29 is 29.3 Å². The van der Waals surface area contributed by atoms with Gasteiger partial charge in [-0.05, 0) is 24.9 Å². The van der Waals surface area contributed by atoms with E-state index >= 15 is 0 Å². The largest absolute Gasteiger partial charge is 0.481 e. The highest BCUT2D eigenvalue weighted by Crippen LogP contribution is 2.02. The van der Waals surface area contributed by atoms with Gasteiger partial charge in [0, 0.05) is 6.42 Å². The first-order valence-electron chi connectivity index (χ1n) is 5.52. The van der Waals surface area contributed by atoms with E-state index in [4.69, 9.17) is 16.6 Å². The van der Waals surface area contributed by atoms with E-state index < -0.39 is 30.0 Å². The lowest BCUT2D eigenvalue weighted by molar-refractivity contribution is -0.261. The average Bonchev–Trinajstić information content (AvgIpc) is 2.38. The van der Waals surface area contributed by atoms with Gasteiger partial charge in [0.25, 0.3) is 0 Å².